The maximum Gasteiger partial charge on any atom is 0.267 e. The molecule has 1 aliphatic rings. The summed E-state index contributed by atoms with van der Waals surface area (Å²) in [7, 11) is 0. The maximum absolute atomic E-state index is 11.8. The number of anilines is 1. The first-order valence-electron chi connectivity index (χ1n) is 9.31. The van der Waals surface area contributed by atoms with Gasteiger partial charge in [0.2, 0.25) is 0 Å². The smallest absolute Gasteiger partial charge is 0.267 e. The van der Waals surface area contributed by atoms with E-state index in [1.165, 1.54) is 6.08 Å². The molecule has 1 fully saturated rings. The number of halogens is 1. The van der Waals surface area contributed by atoms with Crippen LogP contribution in [-0.4, -0.2) is 43.0 Å². The van der Waals surface area contributed by atoms with Crippen LogP contribution in [0.4, 0.5) is 5.82 Å². The van der Waals surface area contributed by atoms with E-state index in [0.717, 1.165) is 37.8 Å². The van der Waals surface area contributed by atoms with Crippen molar-refractivity contribution < 1.29 is 19.1 Å². The SMILES string of the molecule is CC(C)OCCCNc1ncc(C=CC(=O)NOC2CCCCO2)cc1Cl. The average Bonchev–Trinajstić information content (AvgIpc) is 2.66. The first-order chi connectivity index (χ1) is 13.0. The van der Waals surface area contributed by atoms with E-state index < -0.39 is 0 Å². The van der Waals surface area contributed by atoms with Crippen molar-refractivity contribution in [1.82, 2.24) is 10.5 Å². The van der Waals surface area contributed by atoms with Crippen molar-refractivity contribution in [2.45, 2.75) is 51.9 Å². The Morgan fingerprint density at radius 3 is 3.04 bits per heavy atom. The Balaban J connectivity index is 1.73. The summed E-state index contributed by atoms with van der Waals surface area (Å²) in [6.07, 6.45) is 8.20. The first kappa shape index (κ1) is 21.6. The second-order valence-corrected chi connectivity index (χ2v) is 6.92. The van der Waals surface area contributed by atoms with Crippen molar-refractivity contribution in [1.29, 1.82) is 0 Å². The Kier molecular flexibility index (Phi) is 9.55. The van der Waals surface area contributed by atoms with Gasteiger partial charge >= 0.3 is 0 Å². The van der Waals surface area contributed by atoms with Crippen molar-refractivity contribution in [3.63, 3.8) is 0 Å². The van der Waals surface area contributed by atoms with Gasteiger partial charge in [0.15, 0.2) is 6.29 Å². The van der Waals surface area contributed by atoms with Crippen LogP contribution in [0.1, 0.15) is 45.1 Å². The molecule has 0 aliphatic carbocycles. The van der Waals surface area contributed by atoms with Crippen molar-refractivity contribution in [2.24, 2.45) is 0 Å². The number of hydrogen-bond acceptors (Lipinski definition) is 6. The van der Waals surface area contributed by atoms with Crippen molar-refractivity contribution in [3.05, 3.63) is 28.9 Å². The molecule has 2 heterocycles. The number of carbonyl (C=O) groups is 1. The normalized spacial score (nSPS) is 17.4. The zero-order chi connectivity index (χ0) is 19.5. The molecular weight excluding hydrogens is 370 g/mol. The van der Waals surface area contributed by atoms with Crippen LogP contribution in [0.25, 0.3) is 6.08 Å². The summed E-state index contributed by atoms with van der Waals surface area (Å²) < 4.78 is 10.9. The number of hydrogen-bond donors (Lipinski definition) is 2. The van der Waals surface area contributed by atoms with Crippen molar-refractivity contribution >= 4 is 29.4 Å². The number of amides is 1. The molecule has 2 N–H and O–H groups in total. The molecule has 1 unspecified atom stereocenters. The number of aromatic nitrogens is 1. The van der Waals surface area contributed by atoms with Crippen LogP contribution in [0.15, 0.2) is 18.3 Å². The van der Waals surface area contributed by atoms with E-state index in [9.17, 15) is 4.79 Å². The highest BCUT2D eigenvalue weighted by Gasteiger charge is 2.14. The average molecular weight is 398 g/mol. The van der Waals surface area contributed by atoms with Gasteiger partial charge in [-0.1, -0.05) is 11.6 Å². The fraction of sp³-hybridized carbons (Fsp3) is 0.579. The van der Waals surface area contributed by atoms with Crippen LogP contribution in [0, 0.1) is 0 Å². The molecule has 1 aliphatic heterocycles. The molecule has 1 atom stereocenters. The zero-order valence-electron chi connectivity index (χ0n) is 15.9. The van der Waals surface area contributed by atoms with Gasteiger partial charge in [0.1, 0.15) is 5.82 Å². The second kappa shape index (κ2) is 11.9. The van der Waals surface area contributed by atoms with Crippen molar-refractivity contribution in [3.8, 4) is 0 Å². The standard InChI is InChI=1S/C19H28ClN3O4/c1-14(2)25-11-5-9-21-19-16(20)12-15(13-22-19)7-8-17(24)23-27-18-6-3-4-10-26-18/h7-8,12-14,18H,3-6,9-11H2,1-2H3,(H,21,22)(H,23,24). The molecule has 27 heavy (non-hydrogen) atoms. The van der Waals surface area contributed by atoms with E-state index >= 15 is 0 Å². The fourth-order valence-electron chi connectivity index (χ4n) is 2.41. The van der Waals surface area contributed by atoms with E-state index in [2.05, 4.69) is 15.8 Å². The topological polar surface area (TPSA) is 81.7 Å². The fourth-order valence-corrected chi connectivity index (χ4v) is 2.65. The summed E-state index contributed by atoms with van der Waals surface area (Å²) in [5, 5.41) is 3.67. The number of nitrogens with zero attached hydrogens (tertiary/aromatic N) is 1. The molecule has 7 nitrogen and oxygen atoms in total. The molecule has 1 aromatic heterocycles. The van der Waals surface area contributed by atoms with Crippen LogP contribution in [0.5, 0.6) is 0 Å². The summed E-state index contributed by atoms with van der Waals surface area (Å²) in [4.78, 5) is 21.3. The lowest BCUT2D eigenvalue weighted by Crippen LogP contribution is -2.32. The van der Waals surface area contributed by atoms with E-state index in [-0.39, 0.29) is 18.3 Å². The number of hydroxylamine groups is 1. The molecule has 150 valence electrons. The molecule has 1 aromatic rings. The quantitative estimate of drug-likeness (QED) is 0.357. The maximum atomic E-state index is 11.8. The Morgan fingerprint density at radius 2 is 2.33 bits per heavy atom. The Morgan fingerprint density at radius 1 is 1.48 bits per heavy atom. The number of ether oxygens (including phenoxy) is 2. The minimum atomic E-state index is -0.372. The van der Waals surface area contributed by atoms with Gasteiger partial charge in [0.25, 0.3) is 5.91 Å². The van der Waals surface area contributed by atoms with Gasteiger partial charge in [-0.25, -0.2) is 15.3 Å². The summed E-state index contributed by atoms with van der Waals surface area (Å²) >= 11 is 6.24. The van der Waals surface area contributed by atoms with Gasteiger partial charge in [-0.15, -0.1) is 0 Å². The Hall–Kier alpha value is -1.67. The van der Waals surface area contributed by atoms with Gasteiger partial charge in [-0.05, 0) is 50.8 Å². The third-order valence-corrected chi connectivity index (χ3v) is 4.07. The molecule has 2 rings (SSSR count). The monoisotopic (exact) mass is 397 g/mol. The van der Waals surface area contributed by atoms with E-state index in [1.807, 2.05) is 13.8 Å². The highest BCUT2D eigenvalue weighted by molar-refractivity contribution is 6.33. The summed E-state index contributed by atoms with van der Waals surface area (Å²) in [5.41, 5.74) is 3.09. The number of carbonyl (C=O) groups excluding carboxylic acids is 1. The van der Waals surface area contributed by atoms with Crippen LogP contribution in [0.2, 0.25) is 5.02 Å². The van der Waals surface area contributed by atoms with Gasteiger partial charge < -0.3 is 14.8 Å². The molecule has 0 aromatic carbocycles. The molecule has 0 radical (unpaired) electrons. The number of pyridine rings is 1. The highest BCUT2D eigenvalue weighted by atomic mass is 35.5. The first-order valence-corrected chi connectivity index (χ1v) is 9.68. The minimum absolute atomic E-state index is 0.232. The van der Waals surface area contributed by atoms with Gasteiger partial charge in [0.05, 0.1) is 11.1 Å². The summed E-state index contributed by atoms with van der Waals surface area (Å²) in [5.74, 6) is 0.244. The lowest BCUT2D eigenvalue weighted by atomic mass is 10.2. The Labute approximate surface area is 165 Å². The number of nitrogens with one attached hydrogen (secondary N) is 2. The third kappa shape index (κ3) is 8.71. The van der Waals surface area contributed by atoms with Crippen LogP contribution >= 0.6 is 11.6 Å². The zero-order valence-corrected chi connectivity index (χ0v) is 16.6. The van der Waals surface area contributed by atoms with Crippen molar-refractivity contribution in [2.75, 3.05) is 25.1 Å². The van der Waals surface area contributed by atoms with E-state index in [4.69, 9.17) is 25.9 Å². The predicted molar refractivity (Wildman–Crippen MR) is 105 cm³/mol. The summed E-state index contributed by atoms with van der Waals surface area (Å²) in [6, 6.07) is 1.75. The molecule has 0 spiro atoms. The molecule has 8 heteroatoms. The van der Waals surface area contributed by atoms with Gasteiger partial charge in [-0.3, -0.25) is 4.79 Å². The van der Waals surface area contributed by atoms with Crippen LogP contribution < -0.4 is 10.8 Å². The lowest BCUT2D eigenvalue weighted by molar-refractivity contribution is -0.198. The van der Waals surface area contributed by atoms with E-state index in [0.29, 0.717) is 24.1 Å². The molecule has 1 amide bonds. The molecular formula is C19H28ClN3O4. The van der Waals surface area contributed by atoms with Crippen LogP contribution in [-0.2, 0) is 19.1 Å². The molecule has 0 saturated carbocycles. The lowest BCUT2D eigenvalue weighted by Gasteiger charge is -2.21. The molecule has 1 saturated heterocycles. The largest absolute Gasteiger partial charge is 0.379 e. The molecule has 0 bridgehead atoms. The number of rotatable bonds is 10. The highest BCUT2D eigenvalue weighted by Crippen LogP contribution is 2.20. The third-order valence-electron chi connectivity index (χ3n) is 3.78. The predicted octanol–water partition coefficient (Wildman–Crippen LogP) is 3.55. The summed E-state index contributed by atoms with van der Waals surface area (Å²) in [6.45, 7) is 6.08. The minimum Gasteiger partial charge on any atom is -0.379 e. The van der Waals surface area contributed by atoms with E-state index in [1.54, 1.807) is 18.3 Å². The van der Waals surface area contributed by atoms with Gasteiger partial charge in [-0.2, -0.15) is 0 Å². The second-order valence-electron chi connectivity index (χ2n) is 6.51. The Bertz CT molecular complexity index is 619. The van der Waals surface area contributed by atoms with Crippen LogP contribution in [0.3, 0.4) is 0 Å². The van der Waals surface area contributed by atoms with Gasteiger partial charge in [0, 0.05) is 38.5 Å².